The monoisotopic (exact) mass is 330 g/mol. The van der Waals surface area contributed by atoms with E-state index in [9.17, 15) is 8.78 Å². The molecule has 2 unspecified atom stereocenters. The van der Waals surface area contributed by atoms with Crippen molar-refractivity contribution in [3.05, 3.63) is 71.8 Å². The number of rotatable bonds is 6. The van der Waals surface area contributed by atoms with E-state index in [1.54, 1.807) is 0 Å². The lowest BCUT2D eigenvalue weighted by atomic mass is 10.1. The van der Waals surface area contributed by atoms with Gasteiger partial charge in [-0.3, -0.25) is 9.80 Å². The van der Waals surface area contributed by atoms with Gasteiger partial charge in [0.25, 0.3) is 0 Å². The fourth-order valence-corrected chi connectivity index (χ4v) is 3.17. The van der Waals surface area contributed by atoms with Crippen molar-refractivity contribution >= 4 is 0 Å². The molecule has 0 radical (unpaired) electrons. The third-order valence-electron chi connectivity index (χ3n) is 4.64. The van der Waals surface area contributed by atoms with Gasteiger partial charge in [-0.1, -0.05) is 60.7 Å². The molecule has 0 amide bonds. The van der Waals surface area contributed by atoms with Crippen LogP contribution in [-0.4, -0.2) is 48.6 Å². The van der Waals surface area contributed by atoms with Gasteiger partial charge in [-0.2, -0.15) is 0 Å². The number of hydrogen-bond donors (Lipinski definition) is 0. The van der Waals surface area contributed by atoms with Gasteiger partial charge >= 0.3 is 0 Å². The quantitative estimate of drug-likeness (QED) is 0.746. The Bertz CT molecular complexity index is 542. The summed E-state index contributed by atoms with van der Waals surface area (Å²) in [6.07, 6.45) is -1.21. The van der Waals surface area contributed by atoms with Gasteiger partial charge in [-0.25, -0.2) is 8.78 Å². The maximum atomic E-state index is 14.5. The van der Waals surface area contributed by atoms with Crippen LogP contribution in [0, 0.1) is 0 Å². The van der Waals surface area contributed by atoms with E-state index in [0.717, 1.165) is 11.1 Å². The van der Waals surface area contributed by atoms with Crippen LogP contribution < -0.4 is 0 Å². The molecule has 0 saturated carbocycles. The lowest BCUT2D eigenvalue weighted by Gasteiger charge is -2.37. The normalized spacial score (nSPS) is 19.1. The number of hydrogen-bond acceptors (Lipinski definition) is 2. The highest BCUT2D eigenvalue weighted by Crippen LogP contribution is 2.17. The minimum Gasteiger partial charge on any atom is -0.271 e. The predicted molar refractivity (Wildman–Crippen MR) is 93.2 cm³/mol. The first-order valence-corrected chi connectivity index (χ1v) is 8.56. The fraction of sp³-hybridized carbons (Fsp3) is 0.400. The van der Waals surface area contributed by atoms with Crippen molar-refractivity contribution in [1.29, 1.82) is 0 Å². The Balaban J connectivity index is 1.46. The van der Waals surface area contributed by atoms with E-state index in [4.69, 9.17) is 0 Å². The van der Waals surface area contributed by atoms with Crippen LogP contribution in [0.4, 0.5) is 8.78 Å². The van der Waals surface area contributed by atoms with Gasteiger partial charge < -0.3 is 0 Å². The zero-order valence-corrected chi connectivity index (χ0v) is 13.8. The van der Waals surface area contributed by atoms with E-state index in [-0.39, 0.29) is 0 Å². The molecule has 1 heterocycles. The average Bonchev–Trinajstić information content (AvgIpc) is 2.63. The molecule has 1 aliphatic rings. The van der Waals surface area contributed by atoms with Gasteiger partial charge in [-0.15, -0.1) is 0 Å². The van der Waals surface area contributed by atoms with Gasteiger partial charge in [0.15, 0.2) is 12.6 Å². The van der Waals surface area contributed by atoms with Crippen molar-refractivity contribution in [2.24, 2.45) is 0 Å². The minimum absolute atomic E-state index is 0.393. The lowest BCUT2D eigenvalue weighted by Crippen LogP contribution is -2.52. The Labute approximate surface area is 142 Å². The predicted octanol–water partition coefficient (Wildman–Crippen LogP) is 3.68. The standard InChI is InChI=1S/C20H24F2N2/c21-19(15-17-7-3-1-4-8-17)23-11-13-24(14-12-23)20(22)16-18-9-5-2-6-10-18/h1-10,19-20H,11-16H2. The smallest absolute Gasteiger partial charge is 0.157 e. The second-order valence-electron chi connectivity index (χ2n) is 6.32. The molecular formula is C20H24F2N2. The summed E-state index contributed by atoms with van der Waals surface area (Å²) in [5.41, 5.74) is 2.00. The molecule has 2 aromatic rings. The first kappa shape index (κ1) is 17.1. The van der Waals surface area contributed by atoms with Crippen molar-refractivity contribution in [2.75, 3.05) is 26.2 Å². The Morgan fingerprint density at radius 2 is 0.958 bits per heavy atom. The third kappa shape index (κ3) is 4.62. The summed E-state index contributed by atoms with van der Waals surface area (Å²) in [5, 5.41) is 0. The molecule has 0 N–H and O–H groups in total. The molecule has 4 heteroatoms. The third-order valence-corrected chi connectivity index (χ3v) is 4.64. The highest BCUT2D eigenvalue weighted by molar-refractivity contribution is 5.16. The van der Waals surface area contributed by atoms with Crippen LogP contribution in [0.15, 0.2) is 60.7 Å². The molecular weight excluding hydrogens is 306 g/mol. The van der Waals surface area contributed by atoms with Crippen LogP contribution in [-0.2, 0) is 12.8 Å². The van der Waals surface area contributed by atoms with E-state index >= 15 is 0 Å². The topological polar surface area (TPSA) is 6.48 Å². The SMILES string of the molecule is FC(Cc1ccccc1)N1CCN(C(F)Cc2ccccc2)CC1. The molecule has 0 aliphatic carbocycles. The summed E-state index contributed by atoms with van der Waals surface area (Å²) in [4.78, 5) is 3.64. The molecule has 0 spiro atoms. The molecule has 2 aromatic carbocycles. The molecule has 128 valence electrons. The van der Waals surface area contributed by atoms with Crippen LogP contribution in [0.2, 0.25) is 0 Å². The fourth-order valence-electron chi connectivity index (χ4n) is 3.17. The van der Waals surface area contributed by atoms with Crippen molar-refractivity contribution in [3.8, 4) is 0 Å². The molecule has 1 aliphatic heterocycles. The highest BCUT2D eigenvalue weighted by Gasteiger charge is 2.27. The van der Waals surface area contributed by atoms with Gasteiger partial charge in [0.1, 0.15) is 0 Å². The van der Waals surface area contributed by atoms with Crippen LogP contribution in [0.5, 0.6) is 0 Å². The zero-order valence-electron chi connectivity index (χ0n) is 13.8. The Morgan fingerprint density at radius 1 is 0.625 bits per heavy atom. The minimum atomic E-state index is -0.998. The summed E-state index contributed by atoms with van der Waals surface area (Å²) in [7, 11) is 0. The van der Waals surface area contributed by atoms with E-state index in [0.29, 0.717) is 39.0 Å². The van der Waals surface area contributed by atoms with E-state index in [2.05, 4.69) is 0 Å². The van der Waals surface area contributed by atoms with Gasteiger partial charge in [0.2, 0.25) is 0 Å². The summed E-state index contributed by atoms with van der Waals surface area (Å²) in [6, 6.07) is 19.4. The van der Waals surface area contributed by atoms with E-state index in [1.165, 1.54) is 0 Å². The highest BCUT2D eigenvalue weighted by atomic mass is 19.1. The van der Waals surface area contributed by atoms with Crippen molar-refractivity contribution in [3.63, 3.8) is 0 Å². The van der Waals surface area contributed by atoms with Gasteiger partial charge in [0, 0.05) is 39.0 Å². The Hall–Kier alpha value is -1.78. The first-order valence-electron chi connectivity index (χ1n) is 8.56. The van der Waals surface area contributed by atoms with Gasteiger partial charge in [0.05, 0.1) is 0 Å². The lowest BCUT2D eigenvalue weighted by molar-refractivity contribution is -0.0113. The average molecular weight is 330 g/mol. The van der Waals surface area contributed by atoms with Crippen LogP contribution >= 0.6 is 0 Å². The van der Waals surface area contributed by atoms with E-state index < -0.39 is 12.6 Å². The Kier molecular flexibility index (Phi) is 5.94. The second-order valence-corrected chi connectivity index (χ2v) is 6.32. The van der Waals surface area contributed by atoms with Gasteiger partial charge in [-0.05, 0) is 11.1 Å². The van der Waals surface area contributed by atoms with Crippen molar-refractivity contribution in [2.45, 2.75) is 25.4 Å². The van der Waals surface area contributed by atoms with Crippen LogP contribution in [0.3, 0.4) is 0 Å². The number of halogens is 2. The van der Waals surface area contributed by atoms with Crippen molar-refractivity contribution < 1.29 is 8.78 Å². The Morgan fingerprint density at radius 3 is 1.29 bits per heavy atom. The summed E-state index contributed by atoms with van der Waals surface area (Å²) >= 11 is 0. The van der Waals surface area contributed by atoms with Crippen molar-refractivity contribution in [1.82, 2.24) is 9.80 Å². The first-order chi connectivity index (χ1) is 11.7. The molecule has 2 nitrogen and oxygen atoms in total. The van der Waals surface area contributed by atoms with Crippen LogP contribution in [0.25, 0.3) is 0 Å². The maximum absolute atomic E-state index is 14.5. The number of piperazine rings is 1. The molecule has 1 fully saturated rings. The van der Waals surface area contributed by atoms with E-state index in [1.807, 2.05) is 70.5 Å². The largest absolute Gasteiger partial charge is 0.271 e. The summed E-state index contributed by atoms with van der Waals surface area (Å²) < 4.78 is 28.9. The molecule has 2 atom stereocenters. The molecule has 24 heavy (non-hydrogen) atoms. The number of alkyl halides is 2. The maximum Gasteiger partial charge on any atom is 0.157 e. The molecule has 0 aromatic heterocycles. The summed E-state index contributed by atoms with van der Waals surface area (Å²) in [6.45, 7) is 2.29. The number of benzene rings is 2. The summed E-state index contributed by atoms with van der Waals surface area (Å²) in [5.74, 6) is 0. The zero-order chi connectivity index (χ0) is 16.8. The second kappa shape index (κ2) is 8.36. The molecule has 1 saturated heterocycles. The molecule has 0 bridgehead atoms. The van der Waals surface area contributed by atoms with Crippen LogP contribution in [0.1, 0.15) is 11.1 Å². The number of nitrogens with zero attached hydrogens (tertiary/aromatic N) is 2. The molecule has 3 rings (SSSR count).